The number of pyridine rings is 1. The molecule has 3 rings (SSSR count). The predicted octanol–water partition coefficient (Wildman–Crippen LogP) is 6.83. The Labute approximate surface area is 184 Å². The molecular formula is C25H27FeN3. The minimum absolute atomic E-state index is 0. The number of aromatic nitrogens is 1. The van der Waals surface area contributed by atoms with Gasteiger partial charge in [0.1, 0.15) is 0 Å². The Morgan fingerprint density at radius 2 is 1.03 bits per heavy atom. The Kier molecular flexibility index (Phi) is 8.50. The molecule has 1 aromatic heterocycles. The van der Waals surface area contributed by atoms with E-state index in [-0.39, 0.29) is 17.1 Å². The summed E-state index contributed by atoms with van der Waals surface area (Å²) in [7, 11) is 0. The molecule has 0 saturated carbocycles. The first kappa shape index (κ1) is 22.7. The third-order valence-corrected chi connectivity index (χ3v) is 4.58. The van der Waals surface area contributed by atoms with Crippen LogP contribution in [0.15, 0.2) is 76.7 Å². The molecule has 2 aromatic carbocycles. The van der Waals surface area contributed by atoms with Gasteiger partial charge in [-0.2, -0.15) is 0 Å². The van der Waals surface area contributed by atoms with Gasteiger partial charge in [0.2, 0.25) is 0 Å². The summed E-state index contributed by atoms with van der Waals surface area (Å²) < 4.78 is 0. The van der Waals surface area contributed by atoms with E-state index in [0.717, 1.165) is 22.8 Å². The molecule has 0 atom stereocenters. The minimum Gasteiger partial charge on any atom is -0.254 e. The first-order chi connectivity index (χ1) is 13.5. The molecular weight excluding hydrogens is 398 g/mol. The zero-order valence-electron chi connectivity index (χ0n) is 17.4. The first-order valence-electron chi connectivity index (χ1n) is 9.77. The molecule has 1 heterocycles. The zero-order chi connectivity index (χ0) is 19.9. The average Bonchev–Trinajstić information content (AvgIpc) is 2.71. The summed E-state index contributed by atoms with van der Waals surface area (Å²) in [5, 5.41) is 0. The van der Waals surface area contributed by atoms with E-state index in [0.29, 0.717) is 11.8 Å². The van der Waals surface area contributed by atoms with Crippen LogP contribution in [0.2, 0.25) is 0 Å². The van der Waals surface area contributed by atoms with E-state index in [2.05, 4.69) is 66.9 Å². The van der Waals surface area contributed by atoms with Gasteiger partial charge in [-0.25, -0.2) is 4.98 Å². The van der Waals surface area contributed by atoms with Crippen LogP contribution in [0, 0.1) is 0 Å². The van der Waals surface area contributed by atoms with Gasteiger partial charge in [0.25, 0.3) is 0 Å². The molecule has 4 heteroatoms. The largest absolute Gasteiger partial charge is 0.254 e. The maximum Gasteiger partial charge on any atom is 0.0820 e. The van der Waals surface area contributed by atoms with Gasteiger partial charge in [0.15, 0.2) is 0 Å². The molecule has 3 nitrogen and oxygen atoms in total. The summed E-state index contributed by atoms with van der Waals surface area (Å²) in [5.74, 6) is 0.863. The van der Waals surface area contributed by atoms with Gasteiger partial charge in [-0.3, -0.25) is 9.98 Å². The van der Waals surface area contributed by atoms with Gasteiger partial charge in [0.05, 0.1) is 35.2 Å². The monoisotopic (exact) mass is 425 g/mol. The van der Waals surface area contributed by atoms with Crippen molar-refractivity contribution in [2.45, 2.75) is 39.5 Å². The number of hydrogen-bond acceptors (Lipinski definition) is 3. The summed E-state index contributed by atoms with van der Waals surface area (Å²) in [4.78, 5) is 14.0. The van der Waals surface area contributed by atoms with Crippen LogP contribution in [0.3, 0.4) is 0 Å². The molecule has 0 aliphatic rings. The normalized spacial score (nSPS) is 11.5. The second-order valence-electron chi connectivity index (χ2n) is 7.43. The quantitative estimate of drug-likeness (QED) is 0.315. The average molecular weight is 425 g/mol. The van der Waals surface area contributed by atoms with E-state index >= 15 is 0 Å². The molecule has 0 aliphatic carbocycles. The van der Waals surface area contributed by atoms with Crippen LogP contribution >= 0.6 is 0 Å². The fourth-order valence-corrected chi connectivity index (χ4v) is 3.07. The van der Waals surface area contributed by atoms with E-state index in [1.165, 1.54) is 11.1 Å². The topological polar surface area (TPSA) is 37.6 Å². The summed E-state index contributed by atoms with van der Waals surface area (Å²) in [5.41, 5.74) is 6.09. The fourth-order valence-electron chi connectivity index (χ4n) is 3.07. The number of aliphatic imine (C=N–C) groups is 2. The molecule has 0 fully saturated rings. The third-order valence-electron chi connectivity index (χ3n) is 4.58. The Balaban J connectivity index is 0.00000300. The minimum atomic E-state index is 0. The van der Waals surface area contributed by atoms with E-state index < -0.39 is 0 Å². The van der Waals surface area contributed by atoms with Crippen molar-refractivity contribution < 1.29 is 17.1 Å². The Hall–Kier alpha value is -2.55. The van der Waals surface area contributed by atoms with Crippen LogP contribution < -0.4 is 0 Å². The SMILES string of the molecule is CC(C)c1ccccc1/N=C/c1cccc(/C=N/c2ccccc2C(C)C)n1.[Fe]. The van der Waals surface area contributed by atoms with Gasteiger partial charge in [0, 0.05) is 17.1 Å². The molecule has 3 aromatic rings. The molecule has 0 aliphatic heterocycles. The molecule has 0 radical (unpaired) electrons. The van der Waals surface area contributed by atoms with Crippen LogP contribution in [-0.4, -0.2) is 17.4 Å². The predicted molar refractivity (Wildman–Crippen MR) is 120 cm³/mol. The van der Waals surface area contributed by atoms with Gasteiger partial charge in [-0.1, -0.05) is 70.2 Å². The molecule has 0 N–H and O–H groups in total. The molecule has 150 valence electrons. The standard InChI is InChI=1S/C25H27N3.Fe/c1-18(2)22-12-5-7-14-24(22)26-16-20-10-9-11-21(28-20)17-27-25-15-8-6-13-23(25)19(3)4;/h5-19H,1-4H3;/b26-16+,27-17+;. The number of hydrogen-bond donors (Lipinski definition) is 0. The molecule has 0 saturated heterocycles. The Morgan fingerprint density at radius 1 is 0.621 bits per heavy atom. The molecule has 0 amide bonds. The number of nitrogens with zero attached hydrogens (tertiary/aromatic N) is 3. The Morgan fingerprint density at radius 3 is 1.45 bits per heavy atom. The van der Waals surface area contributed by atoms with Crippen molar-refractivity contribution >= 4 is 23.8 Å². The van der Waals surface area contributed by atoms with Gasteiger partial charge in [-0.15, -0.1) is 0 Å². The number of rotatable bonds is 6. The van der Waals surface area contributed by atoms with Crippen molar-refractivity contribution in [3.05, 3.63) is 89.2 Å². The van der Waals surface area contributed by atoms with Gasteiger partial charge < -0.3 is 0 Å². The van der Waals surface area contributed by atoms with E-state index in [1.54, 1.807) is 0 Å². The van der Waals surface area contributed by atoms with Crippen LogP contribution in [0.1, 0.15) is 62.0 Å². The van der Waals surface area contributed by atoms with Crippen LogP contribution in [0.25, 0.3) is 0 Å². The van der Waals surface area contributed by atoms with Gasteiger partial charge >= 0.3 is 0 Å². The fraction of sp³-hybridized carbons (Fsp3) is 0.240. The van der Waals surface area contributed by atoms with Crippen molar-refractivity contribution in [2.24, 2.45) is 9.98 Å². The summed E-state index contributed by atoms with van der Waals surface area (Å²) in [6.45, 7) is 8.72. The number of para-hydroxylation sites is 2. The first-order valence-corrected chi connectivity index (χ1v) is 9.77. The maximum atomic E-state index is 4.66. The molecule has 29 heavy (non-hydrogen) atoms. The number of benzene rings is 2. The second kappa shape index (κ2) is 10.8. The Bertz CT molecular complexity index is 914. The van der Waals surface area contributed by atoms with Crippen molar-refractivity contribution in [2.75, 3.05) is 0 Å². The molecule has 0 bridgehead atoms. The maximum absolute atomic E-state index is 4.66. The third kappa shape index (κ3) is 6.22. The summed E-state index contributed by atoms with van der Waals surface area (Å²) in [6.07, 6.45) is 3.64. The summed E-state index contributed by atoms with van der Waals surface area (Å²) >= 11 is 0. The van der Waals surface area contributed by atoms with Crippen molar-refractivity contribution in [3.8, 4) is 0 Å². The van der Waals surface area contributed by atoms with E-state index in [9.17, 15) is 0 Å². The summed E-state index contributed by atoms with van der Waals surface area (Å²) in [6, 6.07) is 22.4. The molecule has 0 spiro atoms. The van der Waals surface area contributed by atoms with Gasteiger partial charge in [-0.05, 0) is 47.2 Å². The van der Waals surface area contributed by atoms with Crippen molar-refractivity contribution in [1.82, 2.24) is 4.98 Å². The van der Waals surface area contributed by atoms with E-state index in [1.807, 2.05) is 54.9 Å². The van der Waals surface area contributed by atoms with Crippen LogP contribution in [-0.2, 0) is 17.1 Å². The molecule has 0 unspecified atom stereocenters. The van der Waals surface area contributed by atoms with Crippen molar-refractivity contribution in [3.63, 3.8) is 0 Å². The van der Waals surface area contributed by atoms with Crippen LogP contribution in [0.4, 0.5) is 11.4 Å². The smallest absolute Gasteiger partial charge is 0.0820 e. The van der Waals surface area contributed by atoms with Crippen molar-refractivity contribution in [1.29, 1.82) is 0 Å². The van der Waals surface area contributed by atoms with E-state index in [4.69, 9.17) is 0 Å². The van der Waals surface area contributed by atoms with Crippen LogP contribution in [0.5, 0.6) is 0 Å². The second-order valence-corrected chi connectivity index (χ2v) is 7.43. The zero-order valence-corrected chi connectivity index (χ0v) is 18.5.